The maximum absolute atomic E-state index is 10.1. The van der Waals surface area contributed by atoms with Crippen LogP contribution in [-0.2, 0) is 5.41 Å². The second kappa shape index (κ2) is 8.85. The largest absolute Gasteiger partial charge is 0.311 e. The van der Waals surface area contributed by atoms with Crippen molar-refractivity contribution in [2.24, 2.45) is 0 Å². The molecule has 0 amide bonds. The van der Waals surface area contributed by atoms with Gasteiger partial charge in [-0.2, -0.15) is 5.26 Å². The third-order valence-electron chi connectivity index (χ3n) is 9.76. The minimum Gasteiger partial charge on any atom is -0.311 e. The minimum absolute atomic E-state index is 0.00229. The van der Waals surface area contributed by atoms with Crippen LogP contribution >= 0.6 is 0 Å². The Kier molecular flexibility index (Phi) is 5.07. The predicted molar refractivity (Wildman–Crippen MR) is 187 cm³/mol. The molecule has 3 heteroatoms. The van der Waals surface area contributed by atoms with Crippen molar-refractivity contribution in [3.63, 3.8) is 0 Å². The van der Waals surface area contributed by atoms with Crippen LogP contribution in [0, 0.1) is 11.3 Å². The van der Waals surface area contributed by atoms with E-state index in [4.69, 9.17) is 0 Å². The fraction of sp³-hybridized carbons (Fsp3) is 0.0976. The molecule has 9 rings (SSSR count). The number of anilines is 3. The Morgan fingerprint density at radius 2 is 1.36 bits per heavy atom. The standard InChI is InChI=1S/C41H29BN2/c1-41(2,3)30-22-34-33-14-8-12-29-19-25(24-43)20-35(38(29)33)42-39-32-13-7-6-10-27(32)16-18-36(39)44(37(23-30)40(34)42)31-17-15-26-9-4-5-11-28(26)21-31/h4-23H,1-3H3. The lowest BCUT2D eigenvalue weighted by Crippen LogP contribution is -2.60. The van der Waals surface area contributed by atoms with Crippen LogP contribution < -0.4 is 21.3 Å². The predicted octanol–water partition coefficient (Wildman–Crippen LogP) is 8.60. The summed E-state index contributed by atoms with van der Waals surface area (Å²) in [7, 11) is 0. The average Bonchev–Trinajstić information content (AvgIpc) is 3.05. The Balaban J connectivity index is 1.49. The Morgan fingerprint density at radius 1 is 0.614 bits per heavy atom. The van der Waals surface area contributed by atoms with Crippen molar-refractivity contribution in [2.75, 3.05) is 4.90 Å². The third kappa shape index (κ3) is 3.43. The zero-order valence-electron chi connectivity index (χ0n) is 25.0. The van der Waals surface area contributed by atoms with Gasteiger partial charge in [0.05, 0.1) is 11.6 Å². The van der Waals surface area contributed by atoms with Crippen molar-refractivity contribution in [3.05, 3.63) is 132 Å². The van der Waals surface area contributed by atoms with Crippen molar-refractivity contribution in [1.29, 1.82) is 5.26 Å². The fourth-order valence-electron chi connectivity index (χ4n) is 7.72. The molecule has 2 heterocycles. The van der Waals surface area contributed by atoms with E-state index < -0.39 is 0 Å². The van der Waals surface area contributed by atoms with Crippen LogP contribution in [0.15, 0.2) is 121 Å². The number of hydrogen-bond donors (Lipinski definition) is 0. The molecule has 2 aliphatic rings. The molecule has 206 valence electrons. The van der Waals surface area contributed by atoms with Crippen LogP contribution in [0.2, 0.25) is 0 Å². The molecule has 7 aromatic rings. The van der Waals surface area contributed by atoms with Crippen LogP contribution in [0.3, 0.4) is 0 Å². The van der Waals surface area contributed by atoms with E-state index in [-0.39, 0.29) is 12.1 Å². The minimum atomic E-state index is -0.0431. The highest BCUT2D eigenvalue weighted by atomic mass is 15.2. The molecule has 44 heavy (non-hydrogen) atoms. The third-order valence-corrected chi connectivity index (χ3v) is 9.76. The molecule has 0 aliphatic carbocycles. The van der Waals surface area contributed by atoms with Crippen LogP contribution in [0.5, 0.6) is 0 Å². The molecule has 0 unspecified atom stereocenters. The molecule has 0 N–H and O–H groups in total. The van der Waals surface area contributed by atoms with E-state index in [1.54, 1.807) is 0 Å². The fourth-order valence-corrected chi connectivity index (χ4v) is 7.72. The van der Waals surface area contributed by atoms with Crippen molar-refractivity contribution in [3.8, 4) is 17.2 Å². The first-order valence-electron chi connectivity index (χ1n) is 15.4. The maximum atomic E-state index is 10.1. The molecule has 7 aromatic carbocycles. The van der Waals surface area contributed by atoms with Gasteiger partial charge in [-0.05, 0) is 102 Å². The SMILES string of the molecule is CC(C)(C)c1cc2c3c(c1)N(c1ccc4ccccc4c1)c1ccc4ccccc4c1B3c1cc(C#N)cc3cccc-2c13. The quantitative estimate of drug-likeness (QED) is 0.188. The van der Waals surface area contributed by atoms with Gasteiger partial charge in [0, 0.05) is 17.1 Å². The normalized spacial score (nSPS) is 13.2. The first-order chi connectivity index (χ1) is 21.4. The van der Waals surface area contributed by atoms with Gasteiger partial charge in [-0.3, -0.25) is 0 Å². The molecular weight excluding hydrogens is 531 g/mol. The number of hydrogen-bond acceptors (Lipinski definition) is 2. The van der Waals surface area contributed by atoms with Crippen LogP contribution in [0.25, 0.3) is 43.4 Å². The zero-order chi connectivity index (χ0) is 29.7. The van der Waals surface area contributed by atoms with Gasteiger partial charge in [0.1, 0.15) is 0 Å². The number of rotatable bonds is 1. The molecule has 0 radical (unpaired) electrons. The van der Waals surface area contributed by atoms with Gasteiger partial charge in [0.2, 0.25) is 6.71 Å². The van der Waals surface area contributed by atoms with Crippen LogP contribution in [0.4, 0.5) is 17.1 Å². The number of fused-ring (bicyclic) bond motifs is 7. The summed E-state index contributed by atoms with van der Waals surface area (Å²) in [6.45, 7) is 6.91. The molecular formula is C41H29BN2. The Bertz CT molecular complexity index is 2410. The Morgan fingerprint density at radius 3 is 2.18 bits per heavy atom. The topological polar surface area (TPSA) is 27.0 Å². The van der Waals surface area contributed by atoms with Crippen molar-refractivity contribution < 1.29 is 0 Å². The molecule has 2 nitrogen and oxygen atoms in total. The van der Waals surface area contributed by atoms with Crippen molar-refractivity contribution >= 4 is 72.5 Å². The van der Waals surface area contributed by atoms with E-state index in [1.165, 1.54) is 71.4 Å². The Labute approximate surface area is 257 Å². The molecule has 0 spiro atoms. The molecule has 0 atom stereocenters. The maximum Gasteiger partial charge on any atom is 0.249 e. The molecule has 0 bridgehead atoms. The van der Waals surface area contributed by atoms with E-state index in [1.807, 2.05) is 0 Å². The molecule has 2 aliphatic heterocycles. The summed E-state index contributed by atoms with van der Waals surface area (Å²) >= 11 is 0. The number of nitriles is 1. The highest BCUT2D eigenvalue weighted by Gasteiger charge is 2.42. The van der Waals surface area contributed by atoms with Crippen LogP contribution in [-0.4, -0.2) is 6.71 Å². The van der Waals surface area contributed by atoms with E-state index >= 15 is 0 Å². The van der Waals surface area contributed by atoms with E-state index in [9.17, 15) is 5.26 Å². The van der Waals surface area contributed by atoms with Gasteiger partial charge in [-0.25, -0.2) is 0 Å². The first kappa shape index (κ1) is 25.2. The highest BCUT2D eigenvalue weighted by Crippen LogP contribution is 2.45. The smallest absolute Gasteiger partial charge is 0.249 e. The molecule has 0 saturated carbocycles. The summed E-state index contributed by atoms with van der Waals surface area (Å²) in [6, 6.07) is 46.9. The average molecular weight is 561 g/mol. The van der Waals surface area contributed by atoms with Gasteiger partial charge < -0.3 is 4.90 Å². The lowest BCUT2D eigenvalue weighted by molar-refractivity contribution is 0.591. The summed E-state index contributed by atoms with van der Waals surface area (Å²) in [5.41, 5.74) is 12.0. The van der Waals surface area contributed by atoms with Gasteiger partial charge in [-0.1, -0.05) is 111 Å². The number of benzene rings is 7. The number of nitrogens with zero attached hydrogens (tertiary/aromatic N) is 2. The molecule has 0 fully saturated rings. The van der Waals surface area contributed by atoms with Crippen molar-refractivity contribution in [1.82, 2.24) is 0 Å². The molecule has 0 saturated heterocycles. The summed E-state index contributed by atoms with van der Waals surface area (Å²) in [5, 5.41) is 17.5. The van der Waals surface area contributed by atoms with Crippen molar-refractivity contribution in [2.45, 2.75) is 26.2 Å². The van der Waals surface area contributed by atoms with E-state index in [0.29, 0.717) is 5.56 Å². The second-order valence-corrected chi connectivity index (χ2v) is 13.3. The van der Waals surface area contributed by atoms with Gasteiger partial charge in [0.15, 0.2) is 0 Å². The highest BCUT2D eigenvalue weighted by molar-refractivity contribution is 7.02. The molecule has 0 aromatic heterocycles. The second-order valence-electron chi connectivity index (χ2n) is 13.3. The zero-order valence-corrected chi connectivity index (χ0v) is 25.0. The summed E-state index contributed by atoms with van der Waals surface area (Å²) in [6.07, 6.45) is 0. The monoisotopic (exact) mass is 560 g/mol. The lowest BCUT2D eigenvalue weighted by atomic mass is 9.31. The summed E-state index contributed by atoms with van der Waals surface area (Å²) in [5.74, 6) is 0. The first-order valence-corrected chi connectivity index (χ1v) is 15.4. The summed E-state index contributed by atoms with van der Waals surface area (Å²) < 4.78 is 0. The lowest BCUT2D eigenvalue weighted by Gasteiger charge is -2.42. The van der Waals surface area contributed by atoms with Crippen LogP contribution in [0.1, 0.15) is 31.9 Å². The van der Waals surface area contributed by atoms with E-state index in [0.717, 1.165) is 11.1 Å². The van der Waals surface area contributed by atoms with Gasteiger partial charge >= 0.3 is 0 Å². The summed E-state index contributed by atoms with van der Waals surface area (Å²) in [4.78, 5) is 2.50. The Hall–Kier alpha value is -5.33. The van der Waals surface area contributed by atoms with E-state index in [2.05, 4.69) is 153 Å². The van der Waals surface area contributed by atoms with Gasteiger partial charge in [-0.15, -0.1) is 0 Å². The van der Waals surface area contributed by atoms with Gasteiger partial charge in [0.25, 0.3) is 0 Å².